The molecule has 0 radical (unpaired) electrons. The lowest BCUT2D eigenvalue weighted by Gasteiger charge is -2.38. The zero-order chi connectivity index (χ0) is 18.1. The molecule has 0 unspecified atom stereocenters. The van der Waals surface area contributed by atoms with Crippen molar-refractivity contribution in [2.45, 2.75) is 64.2 Å². The van der Waals surface area contributed by atoms with Gasteiger partial charge in [0.25, 0.3) is 5.91 Å². The van der Waals surface area contributed by atoms with E-state index in [-0.39, 0.29) is 17.2 Å². The lowest BCUT2D eigenvalue weighted by Crippen LogP contribution is -2.50. The number of nitrogens with one attached hydrogen (secondary N) is 1. The van der Waals surface area contributed by atoms with Crippen molar-refractivity contribution in [3.63, 3.8) is 0 Å². The third kappa shape index (κ3) is 2.93. The molecule has 26 heavy (non-hydrogen) atoms. The highest BCUT2D eigenvalue weighted by molar-refractivity contribution is 5.96. The lowest BCUT2D eigenvalue weighted by molar-refractivity contribution is -0.145. The Labute approximate surface area is 155 Å². The smallest absolute Gasteiger partial charge is 0.257 e. The van der Waals surface area contributed by atoms with Gasteiger partial charge in [-0.15, -0.1) is 0 Å². The van der Waals surface area contributed by atoms with Crippen molar-refractivity contribution in [2.75, 3.05) is 26.2 Å². The fourth-order valence-electron chi connectivity index (χ4n) is 5.22. The number of rotatable bonds is 3. The van der Waals surface area contributed by atoms with Gasteiger partial charge in [-0.3, -0.25) is 14.7 Å². The molecule has 2 amide bonds. The molecule has 1 aliphatic carbocycles. The van der Waals surface area contributed by atoms with Crippen LogP contribution in [-0.2, 0) is 4.79 Å². The Morgan fingerprint density at radius 1 is 1.23 bits per heavy atom. The van der Waals surface area contributed by atoms with Crippen molar-refractivity contribution in [3.05, 3.63) is 17.5 Å². The van der Waals surface area contributed by atoms with E-state index in [1.165, 1.54) is 19.3 Å². The molecule has 6 heteroatoms. The lowest BCUT2D eigenvalue weighted by atomic mass is 9.78. The minimum Gasteiger partial charge on any atom is -0.342 e. The molecular weight excluding hydrogens is 328 g/mol. The monoisotopic (exact) mass is 358 g/mol. The largest absolute Gasteiger partial charge is 0.342 e. The summed E-state index contributed by atoms with van der Waals surface area (Å²) in [5.41, 5.74) is 1.39. The summed E-state index contributed by atoms with van der Waals surface area (Å²) in [4.78, 5) is 30.0. The minimum atomic E-state index is -0.349. The van der Waals surface area contributed by atoms with Crippen LogP contribution >= 0.6 is 0 Å². The molecule has 0 bridgehead atoms. The highest BCUT2D eigenvalue weighted by Gasteiger charge is 2.49. The SMILES string of the molecule is CCN1CCC[C@@]2(CCN(C(=O)c3cn[nH]c3C3CCCCC3)C2)C1=O. The van der Waals surface area contributed by atoms with Crippen LogP contribution in [0.4, 0.5) is 0 Å². The molecule has 1 aromatic heterocycles. The first-order valence-corrected chi connectivity index (χ1v) is 10.3. The van der Waals surface area contributed by atoms with Crippen LogP contribution in [0.3, 0.4) is 0 Å². The van der Waals surface area contributed by atoms with Gasteiger partial charge in [0.05, 0.1) is 22.9 Å². The Morgan fingerprint density at radius 2 is 2.04 bits per heavy atom. The highest BCUT2D eigenvalue weighted by atomic mass is 16.2. The standard InChI is InChI=1S/C20H30N4O2/c1-2-23-11-6-9-20(19(23)26)10-12-24(14-20)18(25)16-13-21-22-17(16)15-7-4-3-5-8-15/h13,15H,2-12,14H2,1H3,(H,21,22)/t20-/m0/s1. The van der Waals surface area contributed by atoms with Crippen molar-refractivity contribution in [3.8, 4) is 0 Å². The number of likely N-dealkylation sites (tertiary alicyclic amines) is 2. The van der Waals surface area contributed by atoms with E-state index in [1.807, 2.05) is 16.7 Å². The molecule has 3 heterocycles. The van der Waals surface area contributed by atoms with Crippen molar-refractivity contribution in [1.82, 2.24) is 20.0 Å². The normalized spacial score (nSPS) is 27.5. The Balaban J connectivity index is 1.50. The van der Waals surface area contributed by atoms with Crippen LogP contribution in [0.25, 0.3) is 0 Å². The third-order valence-corrected chi connectivity index (χ3v) is 6.76. The fourth-order valence-corrected chi connectivity index (χ4v) is 5.22. The van der Waals surface area contributed by atoms with E-state index < -0.39 is 0 Å². The molecule has 142 valence electrons. The van der Waals surface area contributed by atoms with Crippen LogP contribution in [0.2, 0.25) is 0 Å². The van der Waals surface area contributed by atoms with E-state index in [0.29, 0.717) is 19.0 Å². The maximum absolute atomic E-state index is 13.2. The first-order valence-electron chi connectivity index (χ1n) is 10.3. The van der Waals surface area contributed by atoms with Gasteiger partial charge in [0.1, 0.15) is 0 Å². The second-order valence-corrected chi connectivity index (χ2v) is 8.28. The van der Waals surface area contributed by atoms with Crippen molar-refractivity contribution < 1.29 is 9.59 Å². The number of nitrogens with zero attached hydrogens (tertiary/aromatic N) is 3. The molecule has 4 rings (SSSR count). The van der Waals surface area contributed by atoms with E-state index in [0.717, 1.165) is 56.5 Å². The number of hydrogen-bond acceptors (Lipinski definition) is 3. The summed E-state index contributed by atoms with van der Waals surface area (Å²) in [7, 11) is 0. The number of H-pyrrole nitrogens is 1. The van der Waals surface area contributed by atoms with E-state index >= 15 is 0 Å². The zero-order valence-electron chi connectivity index (χ0n) is 15.8. The van der Waals surface area contributed by atoms with E-state index in [9.17, 15) is 9.59 Å². The van der Waals surface area contributed by atoms with Crippen molar-refractivity contribution >= 4 is 11.8 Å². The average Bonchev–Trinajstić information content (AvgIpc) is 3.32. The van der Waals surface area contributed by atoms with E-state index in [1.54, 1.807) is 6.20 Å². The summed E-state index contributed by atoms with van der Waals surface area (Å²) in [5, 5.41) is 7.29. The van der Waals surface area contributed by atoms with Gasteiger partial charge in [0.15, 0.2) is 0 Å². The van der Waals surface area contributed by atoms with Gasteiger partial charge in [-0.25, -0.2) is 0 Å². The Hall–Kier alpha value is -1.85. The van der Waals surface area contributed by atoms with Gasteiger partial charge < -0.3 is 9.80 Å². The molecule has 6 nitrogen and oxygen atoms in total. The number of aromatic nitrogens is 2. The first-order chi connectivity index (χ1) is 12.6. The van der Waals surface area contributed by atoms with Gasteiger partial charge in [-0.1, -0.05) is 19.3 Å². The van der Waals surface area contributed by atoms with Gasteiger partial charge in [0, 0.05) is 32.1 Å². The maximum atomic E-state index is 13.2. The number of hydrogen-bond donors (Lipinski definition) is 1. The van der Waals surface area contributed by atoms with Crippen molar-refractivity contribution in [1.29, 1.82) is 0 Å². The molecule has 1 aromatic rings. The van der Waals surface area contributed by atoms with Crippen LogP contribution in [0.5, 0.6) is 0 Å². The molecule has 3 fully saturated rings. The molecule has 3 aliphatic rings. The Bertz CT molecular complexity index is 679. The number of amides is 2. The number of carbonyl (C=O) groups is 2. The Morgan fingerprint density at radius 3 is 2.81 bits per heavy atom. The molecule has 1 N–H and O–H groups in total. The summed E-state index contributed by atoms with van der Waals surface area (Å²) in [6, 6.07) is 0. The van der Waals surface area contributed by atoms with Crippen LogP contribution in [0.1, 0.15) is 80.3 Å². The highest BCUT2D eigenvalue weighted by Crippen LogP contribution is 2.41. The predicted octanol–water partition coefficient (Wildman–Crippen LogP) is 2.93. The van der Waals surface area contributed by atoms with E-state index in [4.69, 9.17) is 0 Å². The Kier molecular flexibility index (Phi) is 4.76. The summed E-state index contributed by atoms with van der Waals surface area (Å²) in [6.45, 7) is 4.91. The third-order valence-electron chi connectivity index (χ3n) is 6.76. The summed E-state index contributed by atoms with van der Waals surface area (Å²) in [6.07, 6.45) is 10.5. The summed E-state index contributed by atoms with van der Waals surface area (Å²) >= 11 is 0. The quantitative estimate of drug-likeness (QED) is 0.903. The number of piperidine rings is 1. The second-order valence-electron chi connectivity index (χ2n) is 8.28. The minimum absolute atomic E-state index is 0.0534. The number of aromatic amines is 1. The van der Waals surface area contributed by atoms with Crippen LogP contribution in [0, 0.1) is 5.41 Å². The molecule has 2 saturated heterocycles. The molecule has 2 aliphatic heterocycles. The molecule has 1 atom stereocenters. The number of carbonyl (C=O) groups excluding carboxylic acids is 2. The first kappa shape index (κ1) is 17.6. The molecular formula is C20H30N4O2. The zero-order valence-corrected chi connectivity index (χ0v) is 15.8. The summed E-state index contributed by atoms with van der Waals surface area (Å²) in [5.74, 6) is 0.729. The van der Waals surface area contributed by atoms with Gasteiger partial charge >= 0.3 is 0 Å². The van der Waals surface area contributed by atoms with Gasteiger partial charge in [-0.2, -0.15) is 5.10 Å². The molecule has 1 saturated carbocycles. The van der Waals surface area contributed by atoms with Crippen LogP contribution < -0.4 is 0 Å². The maximum Gasteiger partial charge on any atom is 0.257 e. The van der Waals surface area contributed by atoms with Crippen LogP contribution in [-0.4, -0.2) is 58.0 Å². The fraction of sp³-hybridized carbons (Fsp3) is 0.750. The second kappa shape index (κ2) is 7.05. The van der Waals surface area contributed by atoms with Gasteiger partial charge in [-0.05, 0) is 39.0 Å². The predicted molar refractivity (Wildman–Crippen MR) is 98.9 cm³/mol. The van der Waals surface area contributed by atoms with E-state index in [2.05, 4.69) is 10.2 Å². The van der Waals surface area contributed by atoms with Crippen LogP contribution in [0.15, 0.2) is 6.20 Å². The molecule has 0 aromatic carbocycles. The summed E-state index contributed by atoms with van der Waals surface area (Å²) < 4.78 is 0. The average molecular weight is 358 g/mol. The topological polar surface area (TPSA) is 69.3 Å². The van der Waals surface area contributed by atoms with Crippen molar-refractivity contribution in [2.24, 2.45) is 5.41 Å². The van der Waals surface area contributed by atoms with Gasteiger partial charge in [0.2, 0.25) is 5.91 Å². The molecule has 1 spiro atoms.